The summed E-state index contributed by atoms with van der Waals surface area (Å²) in [6, 6.07) is 4.25. The highest BCUT2D eigenvalue weighted by molar-refractivity contribution is 5.90. The lowest BCUT2D eigenvalue weighted by atomic mass is 9.77. The summed E-state index contributed by atoms with van der Waals surface area (Å²) in [5, 5.41) is 68.5. The Bertz CT molecular complexity index is 2200. The number of rotatable bonds is 13. The van der Waals surface area contributed by atoms with E-state index in [2.05, 4.69) is 10.3 Å². The molecular weight excluding hydrogens is 965 g/mol. The van der Waals surface area contributed by atoms with Gasteiger partial charge in [0.05, 0.1) is 66.0 Å². The molecule has 5 N–H and O–H groups in total. The largest absolute Gasteiger partial charge is 0.459 e. The average molecular weight is 1050 g/mol. The van der Waals surface area contributed by atoms with E-state index in [4.69, 9.17) is 42.6 Å². The molecule has 418 valence electrons. The molecule has 0 unspecified atom stereocenters. The van der Waals surface area contributed by atoms with E-state index in [0.717, 1.165) is 0 Å². The number of amides is 1. The third-order valence-electron chi connectivity index (χ3n) is 16.3. The van der Waals surface area contributed by atoms with Crippen molar-refractivity contribution >= 4 is 17.7 Å². The van der Waals surface area contributed by atoms with Crippen molar-refractivity contribution in [3.05, 3.63) is 30.1 Å². The Morgan fingerprint density at radius 2 is 1.64 bits per heavy atom. The minimum Gasteiger partial charge on any atom is -0.459 e. The Morgan fingerprint density at radius 3 is 2.34 bits per heavy atom. The predicted molar refractivity (Wildman–Crippen MR) is 267 cm³/mol. The number of hydrogen-bond acceptors (Lipinski definition) is 20. The van der Waals surface area contributed by atoms with Crippen molar-refractivity contribution in [3.63, 3.8) is 0 Å². The molecule has 5 aliphatic heterocycles. The summed E-state index contributed by atoms with van der Waals surface area (Å²) in [6.07, 6.45) is -7.96. The highest BCUT2D eigenvalue weighted by atomic mass is 16.7. The number of benzene rings is 1. The maximum Gasteiger partial charge on any atom is 0.414 e. The topological polar surface area (TPSA) is 259 Å². The molecule has 1 aromatic carbocycles. The molecule has 1 aromatic heterocycles. The number of aliphatic hydroxyl groups is 5. The first-order valence-corrected chi connectivity index (χ1v) is 26.3. The molecule has 0 saturated carbocycles. The van der Waals surface area contributed by atoms with Crippen LogP contribution in [0.25, 0.3) is 0 Å². The van der Waals surface area contributed by atoms with Gasteiger partial charge in [-0.3, -0.25) is 9.69 Å². The van der Waals surface area contributed by atoms with Gasteiger partial charge in [-0.2, -0.15) is 0 Å². The number of fused-ring (bicyclic) bond motifs is 1. The number of aliphatic hydroxyl groups excluding tert-OH is 3. The summed E-state index contributed by atoms with van der Waals surface area (Å²) in [5.74, 6) is -1.66. The quantitative estimate of drug-likeness (QED) is 0.181. The van der Waals surface area contributed by atoms with Crippen molar-refractivity contribution in [3.8, 4) is 11.5 Å². The molecule has 19 atom stereocenters. The standard InChI is InChI=1S/C52H84N6O16/c1-14-40-52(10,65)44(60)32(6)56(12)23-28(2)21-50(8,64)46(30(4)43(31(5)47(62)72-40)73-41-22-51(9,66-13)45(61)33(7)70-41)74-48-42(59)37(19-29(3)69-48)55(11)18-17-34-24-57(54-53-34)25-36-26-58(49(63)71-36)35-15-16-38-39(20-35)68-27-67-38/h15-16,20,24,28-33,36-37,40-46,48,59-61,64-65H,14,17-19,21-23,25-27H2,1-13H3/t28-,29-,30+,31-,32-,33+,36+,37+,40-,41+,42-,43+,44-,45+,46-,48+,50-,51-,52-/m1/s1. The van der Waals surface area contributed by atoms with E-state index in [1.807, 2.05) is 43.9 Å². The van der Waals surface area contributed by atoms with Gasteiger partial charge in [-0.1, -0.05) is 26.0 Å². The zero-order valence-electron chi connectivity index (χ0n) is 45.5. The zero-order valence-corrected chi connectivity index (χ0v) is 45.5. The van der Waals surface area contributed by atoms with Crippen LogP contribution >= 0.6 is 0 Å². The van der Waals surface area contributed by atoms with Crippen LogP contribution < -0.4 is 14.4 Å². The second-order valence-electron chi connectivity index (χ2n) is 22.5. The number of aromatic nitrogens is 3. The Labute approximate surface area is 435 Å². The minimum atomic E-state index is -1.85. The van der Waals surface area contributed by atoms with Gasteiger partial charge in [0.15, 0.2) is 24.1 Å². The molecule has 2 aromatic rings. The van der Waals surface area contributed by atoms with Crippen molar-refractivity contribution in [2.45, 2.75) is 204 Å². The average Bonchev–Trinajstić information content (AvgIpc) is 4.11. The molecule has 22 nitrogen and oxygen atoms in total. The van der Waals surface area contributed by atoms with Crippen molar-refractivity contribution in [2.24, 2.45) is 17.8 Å². The van der Waals surface area contributed by atoms with Crippen LogP contribution in [0.15, 0.2) is 24.4 Å². The number of hydrogen-bond donors (Lipinski definition) is 5. The number of cyclic esters (lactones) is 2. The van der Waals surface area contributed by atoms with Crippen LogP contribution in [0.5, 0.6) is 11.5 Å². The van der Waals surface area contributed by atoms with Crippen molar-refractivity contribution in [2.75, 3.05) is 52.5 Å². The smallest absolute Gasteiger partial charge is 0.414 e. The van der Waals surface area contributed by atoms with E-state index in [1.165, 1.54) is 14.0 Å². The number of anilines is 1. The molecule has 22 heteroatoms. The SMILES string of the molecule is CC[C@H]1OC(=O)[C@H](C)[C@@H](O[C@H]2C[C@@](C)(OC)[C@@H](O)[C@H](C)O2)[C@H](C)[C@@H](O[C@@H]2O[C@H](C)C[C@H](N(C)CCc3cn(C[C@H]4CN(c5ccc6c(c5)OCO6)C(=O)O4)nn3)[C@H]2O)[C@](C)(O)C[C@@H](C)CN(C)[C@H](C)[C@@H](O)[C@]1(C)O. The molecular formula is C52H84N6O16. The molecule has 0 aliphatic carbocycles. The second kappa shape index (κ2) is 23.4. The van der Waals surface area contributed by atoms with E-state index in [9.17, 15) is 35.1 Å². The summed E-state index contributed by atoms with van der Waals surface area (Å²) in [6.45, 7) is 19.1. The highest BCUT2D eigenvalue weighted by Crippen LogP contribution is 2.41. The van der Waals surface area contributed by atoms with Gasteiger partial charge in [0.2, 0.25) is 6.79 Å². The first kappa shape index (κ1) is 57.9. The predicted octanol–water partition coefficient (Wildman–Crippen LogP) is 2.86. The summed E-state index contributed by atoms with van der Waals surface area (Å²) in [4.78, 5) is 32.9. The van der Waals surface area contributed by atoms with Crippen LogP contribution in [0.2, 0.25) is 0 Å². The van der Waals surface area contributed by atoms with Gasteiger partial charge in [0.25, 0.3) is 0 Å². The van der Waals surface area contributed by atoms with E-state index < -0.39 is 114 Å². The second-order valence-corrected chi connectivity index (χ2v) is 22.5. The molecule has 5 aliphatic rings. The number of methoxy groups -OCH3 is 1. The number of likely N-dealkylation sites (N-methyl/N-ethyl adjacent to an activating group) is 2. The zero-order chi connectivity index (χ0) is 54.2. The molecule has 0 radical (unpaired) electrons. The molecule has 1 amide bonds. The van der Waals surface area contributed by atoms with E-state index >= 15 is 0 Å². The van der Waals surface area contributed by atoms with Crippen molar-refractivity contribution in [1.29, 1.82) is 0 Å². The molecule has 0 bridgehead atoms. The van der Waals surface area contributed by atoms with Crippen LogP contribution in [0.1, 0.15) is 101 Å². The lowest BCUT2D eigenvalue weighted by molar-refractivity contribution is -0.318. The number of esters is 1. The molecule has 4 fully saturated rings. The van der Waals surface area contributed by atoms with E-state index in [-0.39, 0.29) is 38.1 Å². The third kappa shape index (κ3) is 12.6. The summed E-state index contributed by atoms with van der Waals surface area (Å²) in [5.41, 5.74) is -3.24. The van der Waals surface area contributed by atoms with Gasteiger partial charge < -0.3 is 78.0 Å². The van der Waals surface area contributed by atoms with Gasteiger partial charge in [0.1, 0.15) is 36.1 Å². The first-order valence-electron chi connectivity index (χ1n) is 26.3. The fourth-order valence-electron chi connectivity index (χ4n) is 11.7. The third-order valence-corrected chi connectivity index (χ3v) is 16.3. The maximum atomic E-state index is 14.5. The van der Waals surface area contributed by atoms with Crippen LogP contribution in [-0.2, 0) is 50.9 Å². The van der Waals surface area contributed by atoms with E-state index in [1.54, 1.807) is 76.2 Å². The summed E-state index contributed by atoms with van der Waals surface area (Å²) >= 11 is 0. The van der Waals surface area contributed by atoms with Gasteiger partial charge >= 0.3 is 12.1 Å². The normalized spacial score (nSPS) is 40.9. The lowest BCUT2D eigenvalue weighted by Crippen LogP contribution is -2.61. The van der Waals surface area contributed by atoms with Crippen molar-refractivity contribution < 1.29 is 77.8 Å². The van der Waals surface area contributed by atoms with Crippen LogP contribution in [0, 0.1) is 17.8 Å². The highest BCUT2D eigenvalue weighted by Gasteiger charge is 2.53. The van der Waals surface area contributed by atoms with Crippen molar-refractivity contribution in [1.82, 2.24) is 24.8 Å². The minimum absolute atomic E-state index is 0.0892. The molecule has 74 heavy (non-hydrogen) atoms. The summed E-state index contributed by atoms with van der Waals surface area (Å²) in [7, 11) is 5.23. The van der Waals surface area contributed by atoms with Gasteiger partial charge in [-0.25, -0.2) is 9.48 Å². The Kier molecular flexibility index (Phi) is 18.3. The first-order chi connectivity index (χ1) is 34.8. The number of carbonyl (C=O) groups excluding carboxylic acids is 2. The molecule has 7 rings (SSSR count). The van der Waals surface area contributed by atoms with Crippen LogP contribution in [-0.4, -0.2) is 206 Å². The Hall–Kier alpha value is -3.78. The summed E-state index contributed by atoms with van der Waals surface area (Å²) < 4.78 is 56.5. The maximum absolute atomic E-state index is 14.5. The number of carbonyl (C=O) groups is 2. The van der Waals surface area contributed by atoms with Crippen LogP contribution in [0.4, 0.5) is 10.5 Å². The van der Waals surface area contributed by atoms with Gasteiger partial charge in [-0.15, -0.1) is 5.10 Å². The van der Waals surface area contributed by atoms with Crippen LogP contribution in [0.3, 0.4) is 0 Å². The number of nitrogens with zero attached hydrogens (tertiary/aromatic N) is 6. The van der Waals surface area contributed by atoms with Gasteiger partial charge in [0, 0.05) is 63.3 Å². The molecule has 0 spiro atoms. The number of ether oxygens (including phenoxy) is 9. The lowest BCUT2D eigenvalue weighted by Gasteiger charge is -2.49. The molecule has 6 heterocycles. The molecule has 4 saturated heterocycles. The van der Waals surface area contributed by atoms with E-state index in [0.29, 0.717) is 61.9 Å². The van der Waals surface area contributed by atoms with Gasteiger partial charge in [-0.05, 0) is 99.9 Å². The Balaban J connectivity index is 1.09. The Morgan fingerprint density at radius 1 is 0.919 bits per heavy atom. The monoisotopic (exact) mass is 1050 g/mol. The fraction of sp³-hybridized carbons (Fsp3) is 0.808. The fourth-order valence-corrected chi connectivity index (χ4v) is 11.7.